The second-order valence-corrected chi connectivity index (χ2v) is 18.5. The molecule has 1 unspecified atom stereocenters. The van der Waals surface area contributed by atoms with E-state index in [1.807, 2.05) is 42.8 Å². The lowest BCUT2D eigenvalue weighted by atomic mass is 10.0. The number of nitrogens with one attached hydrogen (secondary N) is 1. The molecule has 5 rings (SSSR count). The van der Waals surface area contributed by atoms with E-state index in [9.17, 15) is 0 Å². The van der Waals surface area contributed by atoms with E-state index in [0.29, 0.717) is 49.0 Å². The van der Waals surface area contributed by atoms with E-state index < -0.39 is 13.7 Å². The first-order chi connectivity index (χ1) is 20.0. The van der Waals surface area contributed by atoms with Crippen molar-refractivity contribution < 1.29 is 18.9 Å². The molecule has 224 valence electrons. The molecular formula is C31H40ClN5O4Si. The second kappa shape index (κ2) is 11.9. The molecule has 0 radical (unpaired) electrons. The van der Waals surface area contributed by atoms with E-state index in [4.69, 9.17) is 36.0 Å². The van der Waals surface area contributed by atoms with E-state index in [0.717, 1.165) is 40.9 Å². The van der Waals surface area contributed by atoms with Gasteiger partial charge in [0.15, 0.2) is 5.65 Å². The van der Waals surface area contributed by atoms with Crippen LogP contribution in [0.15, 0.2) is 36.7 Å². The standard InChI is InChI=1S/C31H40ClN5O4Si/c1-7-30(2,18-33)41-28-26-24(17-37(27(26)35-29(32)36-28)20-39-12-13-42(4,5)6)21-8-9-25-22(14-21)15-23(16-34-25)40-19-31(38-3)10-11-31/h8-9,14-18,33H,7,10-13,19-20H2,1-6H3. The normalized spacial score (nSPS) is 16.0. The summed E-state index contributed by atoms with van der Waals surface area (Å²) in [7, 11) is 0.490. The number of nitrogens with zero attached hydrogens (tertiary/aromatic N) is 4. The van der Waals surface area contributed by atoms with Gasteiger partial charge in [-0.15, -0.1) is 0 Å². The Hall–Kier alpha value is -3.05. The summed E-state index contributed by atoms with van der Waals surface area (Å²) in [6.07, 6.45) is 7.66. The van der Waals surface area contributed by atoms with Crippen LogP contribution in [-0.4, -0.2) is 65.3 Å². The summed E-state index contributed by atoms with van der Waals surface area (Å²) in [4.78, 5) is 13.7. The van der Waals surface area contributed by atoms with Crippen LogP contribution in [0.2, 0.25) is 31.0 Å². The fraction of sp³-hybridized carbons (Fsp3) is 0.484. The number of ether oxygens (including phenoxy) is 4. The number of halogens is 1. The van der Waals surface area contributed by atoms with Crippen LogP contribution in [0.4, 0.5) is 0 Å². The molecule has 42 heavy (non-hydrogen) atoms. The number of hydrogen-bond acceptors (Lipinski definition) is 8. The molecule has 1 saturated carbocycles. The van der Waals surface area contributed by atoms with Crippen molar-refractivity contribution in [2.45, 2.75) is 76.7 Å². The van der Waals surface area contributed by atoms with Crippen LogP contribution in [0.3, 0.4) is 0 Å². The zero-order valence-corrected chi connectivity index (χ0v) is 27.0. The largest absolute Gasteiger partial charge is 0.489 e. The molecule has 0 spiro atoms. The summed E-state index contributed by atoms with van der Waals surface area (Å²) >= 11 is 6.42. The third-order valence-electron chi connectivity index (χ3n) is 7.93. The van der Waals surface area contributed by atoms with Crippen LogP contribution >= 0.6 is 11.6 Å². The first-order valence-electron chi connectivity index (χ1n) is 14.4. The van der Waals surface area contributed by atoms with E-state index in [2.05, 4.69) is 40.7 Å². The van der Waals surface area contributed by atoms with Gasteiger partial charge in [0.1, 0.15) is 30.3 Å². The number of methoxy groups -OCH3 is 1. The minimum atomic E-state index is -1.24. The molecule has 0 bridgehead atoms. The van der Waals surface area contributed by atoms with Gasteiger partial charge >= 0.3 is 0 Å². The van der Waals surface area contributed by atoms with Gasteiger partial charge in [0, 0.05) is 45.2 Å². The number of rotatable bonds is 14. The van der Waals surface area contributed by atoms with Crippen molar-refractivity contribution in [3.63, 3.8) is 0 Å². The molecule has 1 atom stereocenters. The highest BCUT2D eigenvalue weighted by Gasteiger charge is 2.44. The summed E-state index contributed by atoms with van der Waals surface area (Å²) in [5.74, 6) is 1.03. The topological polar surface area (TPSA) is 104 Å². The Labute approximate surface area is 253 Å². The van der Waals surface area contributed by atoms with Gasteiger partial charge < -0.3 is 28.9 Å². The molecule has 4 aromatic rings. The lowest BCUT2D eigenvalue weighted by molar-refractivity contribution is 0.0369. The average Bonchev–Trinajstić information content (AvgIpc) is 3.66. The number of pyridine rings is 1. The molecule has 1 aliphatic carbocycles. The van der Waals surface area contributed by atoms with Crippen molar-refractivity contribution in [2.24, 2.45) is 0 Å². The molecule has 11 heteroatoms. The predicted octanol–water partition coefficient (Wildman–Crippen LogP) is 7.37. The fourth-order valence-electron chi connectivity index (χ4n) is 4.61. The molecule has 1 N–H and O–H groups in total. The molecular weight excluding hydrogens is 570 g/mol. The molecule has 0 aliphatic heterocycles. The van der Waals surface area contributed by atoms with Gasteiger partial charge in [-0.3, -0.25) is 4.98 Å². The number of hydrogen-bond donors (Lipinski definition) is 1. The van der Waals surface area contributed by atoms with E-state index >= 15 is 0 Å². The zero-order valence-electron chi connectivity index (χ0n) is 25.3. The van der Waals surface area contributed by atoms with Gasteiger partial charge in [0.25, 0.3) is 0 Å². The molecule has 3 heterocycles. The Morgan fingerprint density at radius 2 is 1.98 bits per heavy atom. The zero-order chi connectivity index (χ0) is 30.1. The minimum Gasteiger partial charge on any atom is -0.489 e. The fourth-order valence-corrected chi connectivity index (χ4v) is 5.52. The molecule has 0 saturated heterocycles. The predicted molar refractivity (Wildman–Crippen MR) is 170 cm³/mol. The Morgan fingerprint density at radius 1 is 1.19 bits per heavy atom. The van der Waals surface area contributed by atoms with Gasteiger partial charge in [-0.1, -0.05) is 32.6 Å². The maximum atomic E-state index is 7.98. The smallest absolute Gasteiger partial charge is 0.229 e. The Kier molecular flexibility index (Phi) is 8.62. The van der Waals surface area contributed by atoms with Crippen LogP contribution in [0, 0.1) is 5.41 Å². The van der Waals surface area contributed by atoms with E-state index in [-0.39, 0.29) is 10.9 Å². The monoisotopic (exact) mass is 609 g/mol. The maximum absolute atomic E-state index is 7.98. The van der Waals surface area contributed by atoms with Gasteiger partial charge in [0.05, 0.1) is 17.1 Å². The van der Waals surface area contributed by atoms with Crippen molar-refractivity contribution in [3.8, 4) is 22.8 Å². The summed E-state index contributed by atoms with van der Waals surface area (Å²) < 4.78 is 26.1. The number of benzene rings is 1. The molecule has 0 amide bonds. The highest BCUT2D eigenvalue weighted by molar-refractivity contribution is 6.76. The third kappa shape index (κ3) is 6.77. The van der Waals surface area contributed by atoms with E-state index in [1.165, 1.54) is 6.21 Å². The molecule has 9 nitrogen and oxygen atoms in total. The summed E-state index contributed by atoms with van der Waals surface area (Å²) in [6, 6.07) is 9.16. The van der Waals surface area contributed by atoms with Crippen LogP contribution < -0.4 is 9.47 Å². The van der Waals surface area contributed by atoms with Crippen molar-refractivity contribution in [1.82, 2.24) is 19.5 Å². The minimum absolute atomic E-state index is 0.0722. The molecule has 1 aromatic carbocycles. The van der Waals surface area contributed by atoms with Crippen molar-refractivity contribution in [2.75, 3.05) is 20.3 Å². The van der Waals surface area contributed by atoms with E-state index in [1.54, 1.807) is 13.3 Å². The quantitative estimate of drug-likeness (QED) is 0.0689. The number of fused-ring (bicyclic) bond motifs is 2. The highest BCUT2D eigenvalue weighted by atomic mass is 35.5. The SMILES string of the molecule is CCC(C)(C=N)Oc1nc(Cl)nc2c1c(-c1ccc3ncc(OCC4(OC)CC4)cc3c1)cn2COCC[Si](C)(C)C. The Bertz CT molecular complexity index is 1600. The third-order valence-corrected chi connectivity index (χ3v) is 9.80. The van der Waals surface area contributed by atoms with Gasteiger partial charge in [-0.05, 0) is 67.6 Å². The van der Waals surface area contributed by atoms with Crippen molar-refractivity contribution in [3.05, 3.63) is 41.9 Å². The molecule has 3 aromatic heterocycles. The van der Waals surface area contributed by atoms with Gasteiger partial charge in [0.2, 0.25) is 11.2 Å². The van der Waals surface area contributed by atoms with Crippen molar-refractivity contribution in [1.29, 1.82) is 5.41 Å². The first kappa shape index (κ1) is 30.4. The van der Waals surface area contributed by atoms with Crippen molar-refractivity contribution >= 4 is 47.8 Å². The van der Waals surface area contributed by atoms with Crippen LogP contribution in [0.25, 0.3) is 33.1 Å². The molecule has 1 fully saturated rings. The van der Waals surface area contributed by atoms with Gasteiger partial charge in [-0.25, -0.2) is 0 Å². The maximum Gasteiger partial charge on any atom is 0.229 e. The van der Waals surface area contributed by atoms with Crippen LogP contribution in [0.1, 0.15) is 33.1 Å². The Balaban J connectivity index is 1.56. The average molecular weight is 610 g/mol. The summed E-state index contributed by atoms with van der Waals surface area (Å²) in [5.41, 5.74) is 2.26. The van der Waals surface area contributed by atoms with Crippen LogP contribution in [0.5, 0.6) is 11.6 Å². The molecule has 1 aliphatic rings. The summed E-state index contributed by atoms with van der Waals surface area (Å²) in [5, 5.41) is 9.70. The lowest BCUT2D eigenvalue weighted by Crippen LogP contribution is -2.33. The van der Waals surface area contributed by atoms with Crippen LogP contribution in [-0.2, 0) is 16.2 Å². The lowest BCUT2D eigenvalue weighted by Gasteiger charge is -2.24. The first-order valence-corrected chi connectivity index (χ1v) is 18.5. The number of aromatic nitrogens is 4. The summed E-state index contributed by atoms with van der Waals surface area (Å²) in [6.45, 7) is 12.3. The van der Waals surface area contributed by atoms with Gasteiger partial charge in [-0.2, -0.15) is 9.97 Å². The highest BCUT2D eigenvalue weighted by Crippen LogP contribution is 2.40. The Morgan fingerprint density at radius 3 is 2.64 bits per heavy atom. The second-order valence-electron chi connectivity index (χ2n) is 12.5.